The highest BCUT2D eigenvalue weighted by atomic mass is 16.7. The molecule has 1 aromatic rings. The van der Waals surface area contributed by atoms with Crippen LogP contribution in [0.4, 0.5) is 0 Å². The summed E-state index contributed by atoms with van der Waals surface area (Å²) in [5.41, 5.74) is -0.228. The molecule has 0 amide bonds. The number of hydrogen-bond donors (Lipinski definition) is 0. The molecule has 0 aliphatic carbocycles. The van der Waals surface area contributed by atoms with Gasteiger partial charge < -0.3 is 4.84 Å². The molecule has 0 atom stereocenters. The molecule has 0 saturated heterocycles. The van der Waals surface area contributed by atoms with E-state index in [9.17, 15) is 4.79 Å². The van der Waals surface area contributed by atoms with Crippen molar-refractivity contribution in [1.29, 1.82) is 0 Å². The highest BCUT2D eigenvalue weighted by Crippen LogP contribution is 1.89. The van der Waals surface area contributed by atoms with Crippen molar-refractivity contribution in [2.75, 3.05) is 6.61 Å². The van der Waals surface area contributed by atoms with Crippen molar-refractivity contribution in [3.8, 4) is 0 Å². The molecule has 1 rings (SSSR count). The summed E-state index contributed by atoms with van der Waals surface area (Å²) < 4.78 is 2.51. The van der Waals surface area contributed by atoms with Crippen LogP contribution in [0.3, 0.4) is 0 Å². The lowest BCUT2D eigenvalue weighted by atomic mass is 10.5. The first-order valence-electron chi connectivity index (χ1n) is 3.98. The first-order valence-corrected chi connectivity index (χ1v) is 3.98. The van der Waals surface area contributed by atoms with E-state index in [2.05, 4.69) is 5.10 Å². The number of aryl methyl sites for hydroxylation is 2. The van der Waals surface area contributed by atoms with Gasteiger partial charge in [0.2, 0.25) is 0 Å². The van der Waals surface area contributed by atoms with Crippen molar-refractivity contribution in [2.24, 2.45) is 7.05 Å². The summed E-state index contributed by atoms with van der Waals surface area (Å²) in [5.74, 6) is 0.657. The molecular weight excluding hydrogens is 158 g/mol. The van der Waals surface area contributed by atoms with Crippen LogP contribution >= 0.6 is 0 Å². The predicted octanol–water partition coefficient (Wildman–Crippen LogP) is -0.407. The van der Waals surface area contributed by atoms with Crippen molar-refractivity contribution in [3.63, 3.8) is 0 Å². The predicted molar refractivity (Wildman–Crippen MR) is 44.0 cm³/mol. The third-order valence-corrected chi connectivity index (χ3v) is 1.52. The summed E-state index contributed by atoms with van der Waals surface area (Å²) in [4.78, 5) is 16.4. The van der Waals surface area contributed by atoms with Crippen LogP contribution in [0.2, 0.25) is 0 Å². The lowest BCUT2D eigenvalue weighted by Crippen LogP contribution is -2.29. The number of rotatable bonds is 3. The lowest BCUT2D eigenvalue weighted by Gasteiger charge is -2.01. The third kappa shape index (κ3) is 1.34. The van der Waals surface area contributed by atoms with Gasteiger partial charge in [0.15, 0.2) is 5.82 Å². The molecule has 0 fully saturated rings. The monoisotopic (exact) mass is 171 g/mol. The fourth-order valence-electron chi connectivity index (χ4n) is 0.972. The number of hydrogen-bond acceptors (Lipinski definition) is 3. The Morgan fingerprint density at radius 3 is 2.67 bits per heavy atom. The van der Waals surface area contributed by atoms with Crippen LogP contribution in [0.5, 0.6) is 0 Å². The van der Waals surface area contributed by atoms with E-state index in [0.717, 1.165) is 0 Å². The second kappa shape index (κ2) is 3.42. The van der Waals surface area contributed by atoms with E-state index in [1.807, 2.05) is 13.8 Å². The van der Waals surface area contributed by atoms with E-state index in [1.165, 1.54) is 9.41 Å². The second-order valence-electron chi connectivity index (χ2n) is 2.39. The third-order valence-electron chi connectivity index (χ3n) is 1.52. The van der Waals surface area contributed by atoms with E-state index in [4.69, 9.17) is 4.84 Å². The van der Waals surface area contributed by atoms with Gasteiger partial charge in [-0.05, 0) is 6.92 Å². The van der Waals surface area contributed by atoms with E-state index in [0.29, 0.717) is 18.9 Å². The summed E-state index contributed by atoms with van der Waals surface area (Å²) in [6.07, 6.45) is 0.691. The van der Waals surface area contributed by atoms with Gasteiger partial charge in [-0.3, -0.25) is 0 Å². The minimum absolute atomic E-state index is 0.228. The van der Waals surface area contributed by atoms with Crippen molar-refractivity contribution in [1.82, 2.24) is 14.5 Å². The molecule has 0 aromatic carbocycles. The molecular formula is C7H13N3O2. The number of nitrogens with zero attached hydrogens (tertiary/aromatic N) is 3. The average Bonchev–Trinajstić information content (AvgIpc) is 2.33. The molecule has 12 heavy (non-hydrogen) atoms. The molecule has 68 valence electrons. The summed E-state index contributed by atoms with van der Waals surface area (Å²) in [7, 11) is 1.61. The Bertz CT molecular complexity index is 313. The molecule has 0 N–H and O–H groups in total. The van der Waals surface area contributed by atoms with Crippen LogP contribution in [0.1, 0.15) is 19.7 Å². The van der Waals surface area contributed by atoms with Gasteiger partial charge in [0.25, 0.3) is 0 Å². The summed E-state index contributed by atoms with van der Waals surface area (Å²) >= 11 is 0. The highest BCUT2D eigenvalue weighted by Gasteiger charge is 2.08. The van der Waals surface area contributed by atoms with E-state index < -0.39 is 0 Å². The zero-order valence-corrected chi connectivity index (χ0v) is 7.57. The Morgan fingerprint density at radius 2 is 2.17 bits per heavy atom. The molecule has 0 saturated carbocycles. The van der Waals surface area contributed by atoms with Gasteiger partial charge >= 0.3 is 5.69 Å². The average molecular weight is 171 g/mol. The van der Waals surface area contributed by atoms with Crippen molar-refractivity contribution >= 4 is 0 Å². The fraction of sp³-hybridized carbons (Fsp3) is 0.714. The van der Waals surface area contributed by atoms with Gasteiger partial charge in [0.1, 0.15) is 6.61 Å². The molecule has 0 bridgehead atoms. The SMILES string of the molecule is CCOn1c(CC)nn(C)c1=O. The van der Waals surface area contributed by atoms with Crippen molar-refractivity contribution in [3.05, 3.63) is 16.3 Å². The quantitative estimate of drug-likeness (QED) is 0.621. The minimum Gasteiger partial charge on any atom is -0.408 e. The van der Waals surface area contributed by atoms with Crippen LogP contribution in [0, 0.1) is 0 Å². The Hall–Kier alpha value is -1.26. The largest absolute Gasteiger partial charge is 0.408 e. The first-order chi connectivity index (χ1) is 5.70. The molecule has 1 aromatic heterocycles. The highest BCUT2D eigenvalue weighted by molar-refractivity contribution is 4.83. The molecule has 5 heteroatoms. The summed E-state index contributed by atoms with van der Waals surface area (Å²) in [6, 6.07) is 0. The molecule has 0 aliphatic heterocycles. The van der Waals surface area contributed by atoms with Gasteiger partial charge in [-0.1, -0.05) is 6.92 Å². The Balaban J connectivity index is 3.12. The second-order valence-corrected chi connectivity index (χ2v) is 2.39. The van der Waals surface area contributed by atoms with Crippen LogP contribution < -0.4 is 10.5 Å². The van der Waals surface area contributed by atoms with Crippen LogP contribution in [-0.2, 0) is 13.5 Å². The molecule has 0 spiro atoms. The maximum absolute atomic E-state index is 11.3. The lowest BCUT2D eigenvalue weighted by molar-refractivity contribution is 0.106. The number of aromatic nitrogens is 3. The smallest absolute Gasteiger partial charge is 0.378 e. The zero-order chi connectivity index (χ0) is 9.14. The molecule has 0 radical (unpaired) electrons. The Morgan fingerprint density at radius 1 is 1.50 bits per heavy atom. The van der Waals surface area contributed by atoms with Crippen molar-refractivity contribution in [2.45, 2.75) is 20.3 Å². The normalized spacial score (nSPS) is 10.2. The Kier molecular flexibility index (Phi) is 2.52. The minimum atomic E-state index is -0.228. The first kappa shape index (κ1) is 8.83. The molecule has 1 heterocycles. The van der Waals surface area contributed by atoms with Gasteiger partial charge in [-0.15, -0.1) is 4.73 Å². The van der Waals surface area contributed by atoms with Crippen LogP contribution in [0.15, 0.2) is 4.79 Å². The van der Waals surface area contributed by atoms with Gasteiger partial charge in [-0.25, -0.2) is 9.48 Å². The fourth-order valence-corrected chi connectivity index (χ4v) is 0.972. The maximum atomic E-state index is 11.3. The summed E-state index contributed by atoms with van der Waals surface area (Å²) in [6.45, 7) is 4.23. The van der Waals surface area contributed by atoms with Gasteiger partial charge in [-0.2, -0.15) is 5.10 Å². The molecule has 5 nitrogen and oxygen atoms in total. The van der Waals surface area contributed by atoms with E-state index in [-0.39, 0.29) is 5.69 Å². The Labute approximate surface area is 70.5 Å². The van der Waals surface area contributed by atoms with Gasteiger partial charge in [0, 0.05) is 13.5 Å². The van der Waals surface area contributed by atoms with Gasteiger partial charge in [0.05, 0.1) is 0 Å². The zero-order valence-electron chi connectivity index (χ0n) is 7.57. The summed E-state index contributed by atoms with van der Waals surface area (Å²) in [5, 5.41) is 3.99. The topological polar surface area (TPSA) is 49.0 Å². The molecule has 0 aliphatic rings. The molecule has 0 unspecified atom stereocenters. The van der Waals surface area contributed by atoms with E-state index in [1.54, 1.807) is 7.05 Å². The van der Waals surface area contributed by atoms with Crippen LogP contribution in [0.25, 0.3) is 0 Å². The maximum Gasteiger partial charge on any atom is 0.378 e. The van der Waals surface area contributed by atoms with Crippen molar-refractivity contribution < 1.29 is 4.84 Å². The van der Waals surface area contributed by atoms with Crippen LogP contribution in [-0.4, -0.2) is 21.1 Å². The standard InChI is InChI=1S/C7H13N3O2/c1-4-6-8-9(3)7(11)10(6)12-5-2/h4-5H2,1-3H3. The van der Waals surface area contributed by atoms with E-state index >= 15 is 0 Å².